The molecule has 0 aliphatic rings. The molecule has 0 aliphatic heterocycles. The largest absolute Gasteiger partial charge is 0.286 e. The summed E-state index contributed by atoms with van der Waals surface area (Å²) in [5.74, 6) is 0. The van der Waals surface area contributed by atoms with Gasteiger partial charge in [0.15, 0.2) is 0 Å². The minimum Gasteiger partial charge on any atom is -0.199 e. The molecule has 0 unspecified atom stereocenters. The first-order valence-corrected chi connectivity index (χ1v) is 8.54. The highest BCUT2D eigenvalue weighted by Gasteiger charge is 2.24. The summed E-state index contributed by atoms with van der Waals surface area (Å²) in [7, 11) is -3.88. The van der Waals surface area contributed by atoms with Crippen LogP contribution in [-0.2, 0) is 10.0 Å². The molecule has 0 spiro atoms. The molecule has 0 N–H and O–H groups in total. The van der Waals surface area contributed by atoms with Crippen LogP contribution in [0, 0.1) is 6.92 Å². The molecule has 0 atom stereocenters. The van der Waals surface area contributed by atoms with Crippen LogP contribution in [0.4, 0.5) is 0 Å². The molecule has 0 aliphatic carbocycles. The van der Waals surface area contributed by atoms with Gasteiger partial charge in [0.05, 0.1) is 0 Å². The van der Waals surface area contributed by atoms with Gasteiger partial charge in [0.1, 0.15) is 15.9 Å². The Morgan fingerprint density at radius 1 is 1.24 bits per heavy atom. The van der Waals surface area contributed by atoms with Crippen molar-refractivity contribution in [1.82, 2.24) is 14.4 Å². The van der Waals surface area contributed by atoms with Crippen LogP contribution in [-0.4, -0.2) is 22.8 Å². The maximum absolute atomic E-state index is 12.8. The van der Waals surface area contributed by atoms with Gasteiger partial charge in [-0.05, 0) is 52.7 Å². The van der Waals surface area contributed by atoms with E-state index in [4.69, 9.17) is 11.6 Å². The summed E-state index contributed by atoms with van der Waals surface area (Å²) in [4.78, 5) is 0.0498. The zero-order chi connectivity index (χ0) is 15.2. The molecule has 0 amide bonds. The normalized spacial score (nSPS) is 12.0. The lowest BCUT2D eigenvalue weighted by atomic mass is 10.2. The van der Waals surface area contributed by atoms with Gasteiger partial charge in [-0.25, -0.2) is 0 Å². The SMILES string of the molecule is Cc1cc(Br)c(S(=O)(=O)n2nnc3ccccc32)cc1Cl. The molecule has 0 radical (unpaired) electrons. The number of fused-ring (bicyclic) bond motifs is 1. The van der Waals surface area contributed by atoms with Crippen LogP contribution in [0.1, 0.15) is 5.56 Å². The van der Waals surface area contributed by atoms with E-state index in [-0.39, 0.29) is 4.90 Å². The number of aryl methyl sites for hydroxylation is 1. The monoisotopic (exact) mass is 385 g/mol. The number of nitrogens with zero attached hydrogens (tertiary/aromatic N) is 3. The van der Waals surface area contributed by atoms with Crippen LogP contribution >= 0.6 is 27.5 Å². The van der Waals surface area contributed by atoms with E-state index in [1.54, 1.807) is 37.3 Å². The van der Waals surface area contributed by atoms with Gasteiger partial charge >= 0.3 is 0 Å². The predicted octanol–water partition coefficient (Wildman–Crippen LogP) is 3.39. The van der Waals surface area contributed by atoms with E-state index in [1.807, 2.05) is 0 Å². The zero-order valence-electron chi connectivity index (χ0n) is 10.8. The van der Waals surface area contributed by atoms with Gasteiger partial charge in [-0.1, -0.05) is 28.9 Å². The smallest absolute Gasteiger partial charge is 0.199 e. The Balaban J connectivity index is 2.29. The Morgan fingerprint density at radius 3 is 2.71 bits per heavy atom. The number of para-hydroxylation sites is 1. The van der Waals surface area contributed by atoms with E-state index in [0.717, 1.165) is 9.65 Å². The molecule has 0 saturated carbocycles. The minimum absolute atomic E-state index is 0.0498. The molecule has 0 saturated heterocycles. The van der Waals surface area contributed by atoms with Crippen molar-refractivity contribution >= 4 is 48.6 Å². The predicted molar refractivity (Wildman–Crippen MR) is 84.0 cm³/mol. The topological polar surface area (TPSA) is 64.8 Å². The molecule has 1 aromatic heterocycles. The molecule has 5 nitrogen and oxygen atoms in total. The summed E-state index contributed by atoms with van der Waals surface area (Å²) in [6.07, 6.45) is 0. The number of rotatable bonds is 2. The minimum atomic E-state index is -3.88. The van der Waals surface area contributed by atoms with E-state index >= 15 is 0 Å². The van der Waals surface area contributed by atoms with Crippen molar-refractivity contribution in [3.05, 3.63) is 51.5 Å². The number of hydrogen-bond donors (Lipinski definition) is 0. The fraction of sp³-hybridized carbons (Fsp3) is 0.0769. The Bertz CT molecular complexity index is 953. The van der Waals surface area contributed by atoms with Gasteiger partial charge in [0.2, 0.25) is 0 Å². The fourth-order valence-electron chi connectivity index (χ4n) is 1.94. The van der Waals surface area contributed by atoms with Crippen LogP contribution in [0.25, 0.3) is 11.0 Å². The van der Waals surface area contributed by atoms with Crippen molar-refractivity contribution in [2.75, 3.05) is 0 Å². The Kier molecular flexibility index (Phi) is 3.51. The van der Waals surface area contributed by atoms with Crippen LogP contribution in [0.3, 0.4) is 0 Å². The van der Waals surface area contributed by atoms with Crippen molar-refractivity contribution in [3.63, 3.8) is 0 Å². The molecule has 108 valence electrons. The third-order valence-corrected chi connectivity index (χ3v) is 5.98. The van der Waals surface area contributed by atoms with Gasteiger partial charge in [-0.2, -0.15) is 8.42 Å². The zero-order valence-corrected chi connectivity index (χ0v) is 13.9. The van der Waals surface area contributed by atoms with Crippen LogP contribution < -0.4 is 0 Å². The van der Waals surface area contributed by atoms with Gasteiger partial charge in [0.25, 0.3) is 10.0 Å². The van der Waals surface area contributed by atoms with Gasteiger partial charge in [-0.15, -0.1) is 9.19 Å². The molecule has 3 rings (SSSR count). The summed E-state index contributed by atoms with van der Waals surface area (Å²) >= 11 is 9.31. The summed E-state index contributed by atoms with van der Waals surface area (Å²) in [5.41, 5.74) is 1.71. The van der Waals surface area contributed by atoms with Gasteiger partial charge in [-0.3, -0.25) is 0 Å². The summed E-state index contributed by atoms with van der Waals surface area (Å²) in [6.45, 7) is 1.80. The standard InChI is InChI=1S/C13H9BrClN3O2S/c1-8-6-9(14)13(7-10(8)15)21(19,20)18-12-5-3-2-4-11(12)16-17-18/h2-7H,1H3. The average Bonchev–Trinajstić information content (AvgIpc) is 2.87. The highest BCUT2D eigenvalue weighted by atomic mass is 79.9. The lowest BCUT2D eigenvalue weighted by molar-refractivity contribution is 0.579. The Labute approximate surface area is 134 Å². The van der Waals surface area contributed by atoms with E-state index in [2.05, 4.69) is 26.2 Å². The summed E-state index contributed by atoms with van der Waals surface area (Å²) in [5, 5.41) is 7.99. The molecular formula is C13H9BrClN3O2S. The first kappa shape index (κ1) is 14.5. The van der Waals surface area contributed by atoms with E-state index in [0.29, 0.717) is 20.5 Å². The molecule has 21 heavy (non-hydrogen) atoms. The highest BCUT2D eigenvalue weighted by Crippen LogP contribution is 2.30. The van der Waals surface area contributed by atoms with E-state index < -0.39 is 10.0 Å². The number of aromatic nitrogens is 3. The van der Waals surface area contributed by atoms with Gasteiger partial charge in [0, 0.05) is 9.50 Å². The van der Waals surface area contributed by atoms with Crippen LogP contribution in [0.15, 0.2) is 45.8 Å². The molecule has 2 aromatic carbocycles. The quantitative estimate of drug-likeness (QED) is 0.677. The van der Waals surface area contributed by atoms with E-state index in [9.17, 15) is 8.42 Å². The number of benzene rings is 2. The molecule has 1 heterocycles. The Hall–Kier alpha value is -1.44. The lowest BCUT2D eigenvalue weighted by Crippen LogP contribution is -2.15. The average molecular weight is 387 g/mol. The van der Waals surface area contributed by atoms with E-state index in [1.165, 1.54) is 6.07 Å². The third kappa shape index (κ3) is 2.35. The maximum Gasteiger partial charge on any atom is 0.286 e. The Morgan fingerprint density at radius 2 is 1.95 bits per heavy atom. The van der Waals surface area contributed by atoms with Crippen LogP contribution in [0.5, 0.6) is 0 Å². The molecular weight excluding hydrogens is 378 g/mol. The highest BCUT2D eigenvalue weighted by molar-refractivity contribution is 9.10. The van der Waals surface area contributed by atoms with Crippen LogP contribution in [0.2, 0.25) is 5.02 Å². The van der Waals surface area contributed by atoms with Crippen molar-refractivity contribution in [2.45, 2.75) is 11.8 Å². The number of hydrogen-bond acceptors (Lipinski definition) is 4. The first-order chi connectivity index (χ1) is 9.91. The third-order valence-electron chi connectivity index (χ3n) is 3.04. The maximum atomic E-state index is 12.8. The second-order valence-electron chi connectivity index (χ2n) is 4.46. The summed E-state index contributed by atoms with van der Waals surface area (Å²) < 4.78 is 26.9. The molecule has 0 fully saturated rings. The lowest BCUT2D eigenvalue weighted by Gasteiger charge is -2.09. The first-order valence-electron chi connectivity index (χ1n) is 5.93. The molecule has 0 bridgehead atoms. The fourth-order valence-corrected chi connectivity index (χ4v) is 4.55. The molecule has 3 aromatic rings. The van der Waals surface area contributed by atoms with Crippen molar-refractivity contribution in [2.24, 2.45) is 0 Å². The molecule has 8 heteroatoms. The summed E-state index contributed by atoms with van der Waals surface area (Å²) in [6, 6.07) is 9.92. The van der Waals surface area contributed by atoms with Crippen molar-refractivity contribution in [3.8, 4) is 0 Å². The second kappa shape index (κ2) is 5.08. The van der Waals surface area contributed by atoms with Gasteiger partial charge < -0.3 is 0 Å². The number of halogens is 2. The van der Waals surface area contributed by atoms with Crippen molar-refractivity contribution < 1.29 is 8.42 Å². The second-order valence-corrected chi connectivity index (χ2v) is 7.46. The van der Waals surface area contributed by atoms with Crippen molar-refractivity contribution in [1.29, 1.82) is 0 Å².